The third-order valence-corrected chi connectivity index (χ3v) is 4.12. The van der Waals surface area contributed by atoms with E-state index < -0.39 is 6.10 Å². The summed E-state index contributed by atoms with van der Waals surface area (Å²) in [4.78, 5) is 12.0. The topological polar surface area (TPSA) is 73.4 Å². The predicted octanol–water partition coefficient (Wildman–Crippen LogP) is 2.39. The van der Waals surface area contributed by atoms with Crippen LogP contribution in [-0.4, -0.2) is 30.3 Å². The second kappa shape index (κ2) is 7.43. The lowest BCUT2D eigenvalue weighted by molar-refractivity contribution is 0.0955. The number of aliphatic hydroxyl groups is 1. The van der Waals surface area contributed by atoms with Crippen molar-refractivity contribution in [2.24, 2.45) is 0 Å². The van der Waals surface area contributed by atoms with Crippen molar-refractivity contribution in [2.75, 3.05) is 12.4 Å². The van der Waals surface area contributed by atoms with E-state index in [1.807, 2.05) is 31.3 Å². The van der Waals surface area contributed by atoms with Gasteiger partial charge in [-0.25, -0.2) is 4.79 Å². The molecule has 0 radical (unpaired) electrons. The highest BCUT2D eigenvalue weighted by atomic mass is 16.3. The molecule has 0 aromatic heterocycles. The molecular weight excluding hydrogens is 266 g/mol. The normalized spacial score (nSPS) is 23.4. The standard InChI is InChI=1S/C16H25N3O2/c1-11(17-2)12-6-5-7-13(10-12)18-16(21)19-14-8-3-4-9-15(14)20/h5-7,10-11,14-15,17,20H,3-4,8-9H2,1-2H3,(H2,18,19,21). The number of carbonyl (C=O) groups excluding carboxylic acids is 1. The van der Waals surface area contributed by atoms with Crippen molar-refractivity contribution >= 4 is 11.7 Å². The highest BCUT2D eigenvalue weighted by molar-refractivity contribution is 5.89. The van der Waals surface area contributed by atoms with Crippen LogP contribution in [0.2, 0.25) is 0 Å². The first-order valence-electron chi connectivity index (χ1n) is 7.63. The van der Waals surface area contributed by atoms with E-state index in [2.05, 4.69) is 22.9 Å². The monoisotopic (exact) mass is 291 g/mol. The summed E-state index contributed by atoms with van der Waals surface area (Å²) in [5.41, 5.74) is 1.88. The number of rotatable bonds is 4. The van der Waals surface area contributed by atoms with Gasteiger partial charge in [0, 0.05) is 11.7 Å². The Morgan fingerprint density at radius 1 is 1.33 bits per heavy atom. The summed E-state index contributed by atoms with van der Waals surface area (Å²) < 4.78 is 0. The first kappa shape index (κ1) is 15.8. The molecule has 2 rings (SSSR count). The van der Waals surface area contributed by atoms with Crippen LogP contribution in [0, 0.1) is 0 Å². The van der Waals surface area contributed by atoms with Gasteiger partial charge in [0.15, 0.2) is 0 Å². The Morgan fingerprint density at radius 3 is 2.81 bits per heavy atom. The van der Waals surface area contributed by atoms with Crippen LogP contribution < -0.4 is 16.0 Å². The lowest BCUT2D eigenvalue weighted by Crippen LogP contribution is -2.46. The van der Waals surface area contributed by atoms with E-state index in [0.29, 0.717) is 0 Å². The molecule has 21 heavy (non-hydrogen) atoms. The Labute approximate surface area is 126 Å². The van der Waals surface area contributed by atoms with Crippen molar-refractivity contribution in [1.29, 1.82) is 0 Å². The van der Waals surface area contributed by atoms with Crippen molar-refractivity contribution in [3.63, 3.8) is 0 Å². The average Bonchev–Trinajstić information content (AvgIpc) is 2.49. The quantitative estimate of drug-likeness (QED) is 0.688. The summed E-state index contributed by atoms with van der Waals surface area (Å²) in [6.45, 7) is 2.07. The van der Waals surface area contributed by atoms with Crippen LogP contribution in [0.4, 0.5) is 10.5 Å². The second-order valence-electron chi connectivity index (χ2n) is 5.69. The number of urea groups is 1. The summed E-state index contributed by atoms with van der Waals surface area (Å²) in [6.07, 6.45) is 3.26. The molecule has 4 N–H and O–H groups in total. The van der Waals surface area contributed by atoms with Gasteiger partial charge in [-0.15, -0.1) is 0 Å². The summed E-state index contributed by atoms with van der Waals surface area (Å²) in [6, 6.07) is 7.60. The maximum Gasteiger partial charge on any atom is 0.319 e. The Bertz CT molecular complexity index is 478. The number of carbonyl (C=O) groups is 1. The maximum atomic E-state index is 12.0. The minimum absolute atomic E-state index is 0.141. The van der Waals surface area contributed by atoms with Gasteiger partial charge in [0.2, 0.25) is 0 Å². The largest absolute Gasteiger partial charge is 0.391 e. The zero-order chi connectivity index (χ0) is 15.2. The Kier molecular flexibility index (Phi) is 5.59. The van der Waals surface area contributed by atoms with E-state index in [-0.39, 0.29) is 18.1 Å². The lowest BCUT2D eigenvalue weighted by Gasteiger charge is -2.28. The van der Waals surface area contributed by atoms with Crippen molar-refractivity contribution in [3.05, 3.63) is 29.8 Å². The van der Waals surface area contributed by atoms with E-state index >= 15 is 0 Å². The number of anilines is 1. The van der Waals surface area contributed by atoms with Crippen LogP contribution >= 0.6 is 0 Å². The third-order valence-electron chi connectivity index (χ3n) is 4.12. The van der Waals surface area contributed by atoms with Crippen LogP contribution in [0.1, 0.15) is 44.2 Å². The zero-order valence-electron chi connectivity index (χ0n) is 12.7. The van der Waals surface area contributed by atoms with Crippen LogP contribution in [0.3, 0.4) is 0 Å². The molecule has 0 spiro atoms. The van der Waals surface area contributed by atoms with Crippen LogP contribution in [0.15, 0.2) is 24.3 Å². The summed E-state index contributed by atoms with van der Waals surface area (Å²) in [7, 11) is 1.90. The first-order valence-corrected chi connectivity index (χ1v) is 7.63. The molecule has 1 aromatic carbocycles. The van der Waals surface area contributed by atoms with Crippen LogP contribution in [0.5, 0.6) is 0 Å². The molecule has 0 heterocycles. The van der Waals surface area contributed by atoms with Gasteiger partial charge in [-0.2, -0.15) is 0 Å². The van der Waals surface area contributed by atoms with E-state index in [1.54, 1.807) is 0 Å². The smallest absolute Gasteiger partial charge is 0.319 e. The third kappa shape index (κ3) is 4.44. The molecule has 1 aliphatic carbocycles. The van der Waals surface area contributed by atoms with Gasteiger partial charge in [-0.05, 0) is 44.5 Å². The number of benzene rings is 1. The van der Waals surface area contributed by atoms with E-state index in [1.165, 1.54) is 0 Å². The molecular formula is C16H25N3O2. The van der Waals surface area contributed by atoms with Crippen molar-refractivity contribution in [2.45, 2.75) is 50.8 Å². The van der Waals surface area contributed by atoms with Gasteiger partial charge in [-0.1, -0.05) is 25.0 Å². The fraction of sp³-hybridized carbons (Fsp3) is 0.562. The van der Waals surface area contributed by atoms with Crippen molar-refractivity contribution < 1.29 is 9.90 Å². The zero-order valence-corrected chi connectivity index (χ0v) is 12.7. The minimum atomic E-state index is -0.430. The molecule has 3 unspecified atom stereocenters. The van der Waals surface area contributed by atoms with Gasteiger partial charge in [0.05, 0.1) is 12.1 Å². The predicted molar refractivity (Wildman–Crippen MR) is 84.3 cm³/mol. The molecule has 1 saturated carbocycles. The summed E-state index contributed by atoms with van der Waals surface area (Å²) in [5, 5.41) is 18.8. The number of amides is 2. The molecule has 3 atom stereocenters. The van der Waals surface area contributed by atoms with Gasteiger partial charge in [0.1, 0.15) is 0 Å². The maximum absolute atomic E-state index is 12.0. The number of nitrogens with one attached hydrogen (secondary N) is 3. The van der Waals surface area contributed by atoms with E-state index in [9.17, 15) is 9.90 Å². The fourth-order valence-electron chi connectivity index (χ4n) is 2.67. The van der Waals surface area contributed by atoms with Crippen LogP contribution in [0.25, 0.3) is 0 Å². The molecule has 1 aromatic rings. The first-order chi connectivity index (χ1) is 10.1. The molecule has 0 saturated heterocycles. The summed E-state index contributed by atoms with van der Waals surface area (Å²) >= 11 is 0. The van der Waals surface area contributed by atoms with Gasteiger partial charge < -0.3 is 21.1 Å². The van der Waals surface area contributed by atoms with E-state index in [4.69, 9.17) is 0 Å². The highest BCUT2D eigenvalue weighted by Gasteiger charge is 2.24. The average molecular weight is 291 g/mol. The molecule has 1 aliphatic rings. The highest BCUT2D eigenvalue weighted by Crippen LogP contribution is 2.19. The SMILES string of the molecule is CNC(C)c1cccc(NC(=O)NC2CCCCC2O)c1. The Morgan fingerprint density at radius 2 is 2.10 bits per heavy atom. The molecule has 1 fully saturated rings. The fourth-order valence-corrected chi connectivity index (χ4v) is 2.67. The molecule has 0 bridgehead atoms. The molecule has 2 amide bonds. The summed E-state index contributed by atoms with van der Waals surface area (Å²) in [5.74, 6) is 0. The molecule has 5 heteroatoms. The van der Waals surface area contributed by atoms with Crippen molar-refractivity contribution in [1.82, 2.24) is 10.6 Å². The van der Waals surface area contributed by atoms with Crippen LogP contribution in [-0.2, 0) is 0 Å². The molecule has 0 aliphatic heterocycles. The van der Waals surface area contributed by atoms with Gasteiger partial charge >= 0.3 is 6.03 Å². The Balaban J connectivity index is 1.93. The van der Waals surface area contributed by atoms with Gasteiger partial charge in [0.25, 0.3) is 0 Å². The number of hydrogen-bond donors (Lipinski definition) is 4. The lowest BCUT2D eigenvalue weighted by atomic mass is 9.93. The Hall–Kier alpha value is -1.59. The van der Waals surface area contributed by atoms with E-state index in [0.717, 1.165) is 36.9 Å². The second-order valence-corrected chi connectivity index (χ2v) is 5.69. The van der Waals surface area contributed by atoms with Gasteiger partial charge in [-0.3, -0.25) is 0 Å². The minimum Gasteiger partial charge on any atom is -0.391 e. The molecule has 5 nitrogen and oxygen atoms in total. The number of hydrogen-bond acceptors (Lipinski definition) is 3. The number of aliphatic hydroxyl groups excluding tert-OH is 1. The van der Waals surface area contributed by atoms with Crippen molar-refractivity contribution in [3.8, 4) is 0 Å². The molecule has 116 valence electrons.